The molecule has 19 heavy (non-hydrogen) atoms. The highest BCUT2D eigenvalue weighted by molar-refractivity contribution is 5.45. The molecular weight excluding hydrogens is 232 g/mol. The van der Waals surface area contributed by atoms with Gasteiger partial charge in [-0.3, -0.25) is 0 Å². The Morgan fingerprint density at radius 3 is 2.32 bits per heavy atom. The Hall–Kier alpha value is -1.02. The van der Waals surface area contributed by atoms with Gasteiger partial charge in [-0.2, -0.15) is 0 Å². The van der Waals surface area contributed by atoms with Crippen LogP contribution in [0.25, 0.3) is 0 Å². The Morgan fingerprint density at radius 1 is 1.00 bits per heavy atom. The van der Waals surface area contributed by atoms with Gasteiger partial charge in [-0.1, -0.05) is 44.9 Å². The van der Waals surface area contributed by atoms with Gasteiger partial charge in [0, 0.05) is 24.8 Å². The molecule has 0 bridgehead atoms. The fourth-order valence-electron chi connectivity index (χ4n) is 2.28. The maximum atomic E-state index is 3.47. The van der Waals surface area contributed by atoms with E-state index in [4.69, 9.17) is 0 Å². The minimum atomic E-state index is 0.619. The van der Waals surface area contributed by atoms with E-state index in [1.165, 1.54) is 37.9 Å². The molecule has 0 amide bonds. The van der Waals surface area contributed by atoms with E-state index in [0.29, 0.717) is 6.04 Å². The lowest BCUT2D eigenvalue weighted by atomic mass is 10.1. The maximum Gasteiger partial charge on any atom is 0.0366 e. The predicted octanol–water partition coefficient (Wildman–Crippen LogP) is 4.07. The lowest BCUT2D eigenvalue weighted by molar-refractivity contribution is 0.540. The molecule has 0 radical (unpaired) electrons. The summed E-state index contributed by atoms with van der Waals surface area (Å²) in [7, 11) is 0. The molecule has 2 heteroatoms. The summed E-state index contributed by atoms with van der Waals surface area (Å²) in [6, 6.07) is 11.4. The SMILES string of the molecule is CCN(CCCCCCNC(C)C)c1ccccc1. The summed E-state index contributed by atoms with van der Waals surface area (Å²) in [4.78, 5) is 2.46. The van der Waals surface area contributed by atoms with Crippen LogP contribution in [-0.2, 0) is 0 Å². The number of anilines is 1. The molecular formula is C17H30N2. The average molecular weight is 262 g/mol. The van der Waals surface area contributed by atoms with Crippen molar-refractivity contribution in [1.82, 2.24) is 5.32 Å². The van der Waals surface area contributed by atoms with Gasteiger partial charge < -0.3 is 10.2 Å². The van der Waals surface area contributed by atoms with Crippen molar-refractivity contribution >= 4 is 5.69 Å². The molecule has 0 saturated heterocycles. The number of nitrogens with zero attached hydrogens (tertiary/aromatic N) is 1. The van der Waals surface area contributed by atoms with E-state index in [1.807, 2.05) is 0 Å². The van der Waals surface area contributed by atoms with Crippen molar-refractivity contribution in [3.05, 3.63) is 30.3 Å². The first-order valence-corrected chi connectivity index (χ1v) is 7.77. The van der Waals surface area contributed by atoms with Crippen LogP contribution < -0.4 is 10.2 Å². The molecule has 0 aliphatic rings. The zero-order chi connectivity index (χ0) is 13.9. The van der Waals surface area contributed by atoms with Crippen LogP contribution in [0.3, 0.4) is 0 Å². The number of nitrogens with one attached hydrogen (secondary N) is 1. The predicted molar refractivity (Wildman–Crippen MR) is 85.9 cm³/mol. The van der Waals surface area contributed by atoms with Crippen LogP contribution in [-0.4, -0.2) is 25.7 Å². The topological polar surface area (TPSA) is 15.3 Å². The largest absolute Gasteiger partial charge is 0.372 e. The number of rotatable bonds is 10. The number of hydrogen-bond donors (Lipinski definition) is 1. The van der Waals surface area contributed by atoms with E-state index in [2.05, 4.69) is 61.3 Å². The van der Waals surface area contributed by atoms with Gasteiger partial charge in [0.1, 0.15) is 0 Å². The molecule has 0 aromatic heterocycles. The second kappa shape index (κ2) is 9.85. The van der Waals surface area contributed by atoms with E-state index in [9.17, 15) is 0 Å². The van der Waals surface area contributed by atoms with Gasteiger partial charge in [-0.25, -0.2) is 0 Å². The lowest BCUT2D eigenvalue weighted by Gasteiger charge is -2.23. The zero-order valence-corrected chi connectivity index (χ0v) is 12.9. The van der Waals surface area contributed by atoms with Gasteiger partial charge in [0.25, 0.3) is 0 Å². The van der Waals surface area contributed by atoms with Gasteiger partial charge >= 0.3 is 0 Å². The maximum absolute atomic E-state index is 3.47. The third kappa shape index (κ3) is 7.22. The molecule has 1 rings (SSSR count). The van der Waals surface area contributed by atoms with Crippen LogP contribution in [0.2, 0.25) is 0 Å². The molecule has 0 atom stereocenters. The molecule has 0 aliphatic carbocycles. The summed E-state index contributed by atoms with van der Waals surface area (Å²) in [5.74, 6) is 0. The minimum Gasteiger partial charge on any atom is -0.372 e. The van der Waals surface area contributed by atoms with Crippen LogP contribution in [0.5, 0.6) is 0 Å². The van der Waals surface area contributed by atoms with Gasteiger partial charge in [0.2, 0.25) is 0 Å². The monoisotopic (exact) mass is 262 g/mol. The smallest absolute Gasteiger partial charge is 0.0366 e. The van der Waals surface area contributed by atoms with Crippen molar-refractivity contribution in [2.24, 2.45) is 0 Å². The molecule has 1 aromatic carbocycles. The summed E-state index contributed by atoms with van der Waals surface area (Å²) in [5, 5.41) is 3.47. The first-order valence-electron chi connectivity index (χ1n) is 7.77. The van der Waals surface area contributed by atoms with Gasteiger partial charge in [0.05, 0.1) is 0 Å². The lowest BCUT2D eigenvalue weighted by Crippen LogP contribution is -2.24. The molecule has 0 heterocycles. The Morgan fingerprint density at radius 2 is 1.68 bits per heavy atom. The van der Waals surface area contributed by atoms with Crippen molar-refractivity contribution in [1.29, 1.82) is 0 Å². The third-order valence-electron chi connectivity index (χ3n) is 3.41. The van der Waals surface area contributed by atoms with Gasteiger partial charge in [0.15, 0.2) is 0 Å². The van der Waals surface area contributed by atoms with Crippen LogP contribution in [0.1, 0.15) is 46.5 Å². The molecule has 0 fully saturated rings. The van der Waals surface area contributed by atoms with Crippen LogP contribution >= 0.6 is 0 Å². The normalized spacial score (nSPS) is 10.9. The van der Waals surface area contributed by atoms with Crippen molar-refractivity contribution in [3.8, 4) is 0 Å². The third-order valence-corrected chi connectivity index (χ3v) is 3.41. The first kappa shape index (κ1) is 16.0. The van der Waals surface area contributed by atoms with Crippen molar-refractivity contribution in [3.63, 3.8) is 0 Å². The summed E-state index contributed by atoms with van der Waals surface area (Å²) in [6.07, 6.45) is 5.27. The van der Waals surface area contributed by atoms with E-state index >= 15 is 0 Å². The van der Waals surface area contributed by atoms with Crippen LogP contribution in [0.4, 0.5) is 5.69 Å². The second-order valence-corrected chi connectivity index (χ2v) is 5.44. The minimum absolute atomic E-state index is 0.619. The summed E-state index contributed by atoms with van der Waals surface area (Å²) in [6.45, 7) is 10.1. The molecule has 0 spiro atoms. The quantitative estimate of drug-likeness (QED) is 0.639. The van der Waals surface area contributed by atoms with Crippen molar-refractivity contribution in [2.75, 3.05) is 24.5 Å². The number of para-hydroxylation sites is 1. The Balaban J connectivity index is 2.10. The molecule has 0 saturated carbocycles. The second-order valence-electron chi connectivity index (χ2n) is 5.44. The van der Waals surface area contributed by atoms with Crippen molar-refractivity contribution < 1.29 is 0 Å². The van der Waals surface area contributed by atoms with Crippen LogP contribution in [0.15, 0.2) is 30.3 Å². The number of unbranched alkanes of at least 4 members (excludes halogenated alkanes) is 3. The highest BCUT2D eigenvalue weighted by atomic mass is 15.1. The van der Waals surface area contributed by atoms with E-state index in [0.717, 1.165) is 13.1 Å². The van der Waals surface area contributed by atoms with Crippen molar-refractivity contribution in [2.45, 2.75) is 52.5 Å². The Labute approximate surface area is 119 Å². The van der Waals surface area contributed by atoms with E-state index in [-0.39, 0.29) is 0 Å². The zero-order valence-electron chi connectivity index (χ0n) is 12.9. The Kier molecular flexibility index (Phi) is 8.31. The number of hydrogen-bond acceptors (Lipinski definition) is 2. The van der Waals surface area contributed by atoms with E-state index < -0.39 is 0 Å². The summed E-state index contributed by atoms with van der Waals surface area (Å²) >= 11 is 0. The molecule has 1 aromatic rings. The van der Waals surface area contributed by atoms with Crippen LogP contribution in [0, 0.1) is 0 Å². The summed E-state index contributed by atoms with van der Waals surface area (Å²) < 4.78 is 0. The fraction of sp³-hybridized carbons (Fsp3) is 0.647. The standard InChI is InChI=1S/C17H30N2/c1-4-19(17-12-8-7-9-13-17)15-11-6-5-10-14-18-16(2)3/h7-9,12-13,16,18H,4-6,10-11,14-15H2,1-3H3. The molecule has 108 valence electrons. The molecule has 0 unspecified atom stereocenters. The Bertz CT molecular complexity index is 308. The average Bonchev–Trinajstić information content (AvgIpc) is 2.42. The first-order chi connectivity index (χ1) is 9.24. The number of benzene rings is 1. The fourth-order valence-corrected chi connectivity index (χ4v) is 2.28. The van der Waals surface area contributed by atoms with E-state index in [1.54, 1.807) is 0 Å². The van der Waals surface area contributed by atoms with Gasteiger partial charge in [-0.15, -0.1) is 0 Å². The molecule has 1 N–H and O–H groups in total. The highest BCUT2D eigenvalue weighted by Crippen LogP contribution is 2.14. The highest BCUT2D eigenvalue weighted by Gasteiger charge is 2.02. The van der Waals surface area contributed by atoms with Gasteiger partial charge in [-0.05, 0) is 38.4 Å². The summed E-state index contributed by atoms with van der Waals surface area (Å²) in [5.41, 5.74) is 1.35. The molecule has 2 nitrogen and oxygen atoms in total. The molecule has 0 aliphatic heterocycles.